The molecule has 1 aliphatic rings. The summed E-state index contributed by atoms with van der Waals surface area (Å²) < 4.78 is 11.8. The minimum atomic E-state index is -0.863. The van der Waals surface area contributed by atoms with E-state index in [2.05, 4.69) is 48.5 Å². The highest BCUT2D eigenvalue weighted by Gasteiger charge is 2.46. The van der Waals surface area contributed by atoms with E-state index in [0.717, 1.165) is 30.6 Å². The van der Waals surface area contributed by atoms with Crippen molar-refractivity contribution >= 4 is 17.6 Å². The molecule has 1 aliphatic carbocycles. The lowest BCUT2D eigenvalue weighted by molar-refractivity contribution is -0.158. The largest absolute Gasteiger partial charge is 0.493 e. The normalized spacial score (nSPS) is 17.6. The SMILES string of the molecule is CC(C)(N)CC(C)(N)C(C)(C)C(=O)OCCCOc1cccc2c1/C=C(/c1ccccc1)CCCC2. The zero-order valence-corrected chi connectivity index (χ0v) is 22.7. The molecule has 0 saturated heterocycles. The summed E-state index contributed by atoms with van der Waals surface area (Å²) in [5, 5.41) is 0. The molecule has 0 aromatic heterocycles. The van der Waals surface area contributed by atoms with Crippen molar-refractivity contribution in [1.29, 1.82) is 0 Å². The number of benzene rings is 2. The summed E-state index contributed by atoms with van der Waals surface area (Å²) in [6.07, 6.45) is 7.85. The lowest BCUT2D eigenvalue weighted by Crippen LogP contribution is -2.59. The third-order valence-corrected chi connectivity index (χ3v) is 7.30. The van der Waals surface area contributed by atoms with Crippen LogP contribution in [0.3, 0.4) is 0 Å². The van der Waals surface area contributed by atoms with Crippen molar-refractivity contribution in [3.05, 3.63) is 65.2 Å². The van der Waals surface area contributed by atoms with Gasteiger partial charge in [0.25, 0.3) is 0 Å². The number of allylic oxidation sites excluding steroid dienone is 1. The van der Waals surface area contributed by atoms with Crippen LogP contribution in [-0.2, 0) is 16.0 Å². The number of esters is 1. The van der Waals surface area contributed by atoms with Crippen LogP contribution in [0, 0.1) is 5.41 Å². The van der Waals surface area contributed by atoms with Gasteiger partial charge in [-0.1, -0.05) is 42.5 Å². The Balaban J connectivity index is 1.62. The van der Waals surface area contributed by atoms with Gasteiger partial charge in [0.1, 0.15) is 5.75 Å². The summed E-state index contributed by atoms with van der Waals surface area (Å²) in [6.45, 7) is 10.1. The quantitative estimate of drug-likeness (QED) is 0.307. The predicted octanol–water partition coefficient (Wildman–Crippen LogP) is 6.14. The minimum Gasteiger partial charge on any atom is -0.493 e. The van der Waals surface area contributed by atoms with Crippen LogP contribution in [0.1, 0.15) is 83.4 Å². The van der Waals surface area contributed by atoms with E-state index in [1.54, 1.807) is 0 Å². The van der Waals surface area contributed by atoms with Gasteiger partial charge in [-0.25, -0.2) is 0 Å². The van der Waals surface area contributed by atoms with Crippen LogP contribution < -0.4 is 16.2 Å². The maximum absolute atomic E-state index is 12.9. The average Bonchev–Trinajstić information content (AvgIpc) is 2.78. The van der Waals surface area contributed by atoms with Crippen LogP contribution in [0.15, 0.2) is 48.5 Å². The van der Waals surface area contributed by atoms with Crippen molar-refractivity contribution in [2.24, 2.45) is 16.9 Å². The van der Waals surface area contributed by atoms with Crippen LogP contribution in [0.25, 0.3) is 11.6 Å². The van der Waals surface area contributed by atoms with E-state index in [0.29, 0.717) is 19.4 Å². The molecule has 0 aliphatic heterocycles. The van der Waals surface area contributed by atoms with Crippen LogP contribution in [0.5, 0.6) is 5.75 Å². The van der Waals surface area contributed by atoms with E-state index in [9.17, 15) is 4.79 Å². The van der Waals surface area contributed by atoms with Crippen molar-refractivity contribution < 1.29 is 14.3 Å². The molecule has 0 amide bonds. The topological polar surface area (TPSA) is 87.6 Å². The number of rotatable bonds is 10. The fraction of sp³-hybridized carbons (Fsp3) is 0.516. The molecule has 3 rings (SSSR count). The molecule has 0 heterocycles. The third-order valence-electron chi connectivity index (χ3n) is 7.30. The Morgan fingerprint density at radius 1 is 0.889 bits per heavy atom. The standard InChI is InChI=1S/C31H44N2O3/c1-29(2,32)22-31(5,33)30(3,4)28(34)36-20-12-19-35-27-18-11-17-24-15-9-10-16-25(21-26(24)27)23-13-7-6-8-14-23/h6-8,11,13-14,17-18,21H,9-10,12,15-16,19-20,22,32-33H2,1-5H3/b25-21+. The number of ether oxygens (including phenoxy) is 2. The van der Waals surface area contributed by atoms with Gasteiger partial charge >= 0.3 is 5.97 Å². The molecule has 0 saturated carbocycles. The Kier molecular flexibility index (Phi) is 9.02. The summed E-state index contributed by atoms with van der Waals surface area (Å²) in [6, 6.07) is 16.9. The highest BCUT2D eigenvalue weighted by atomic mass is 16.5. The molecule has 4 N–H and O–H groups in total. The molecular weight excluding hydrogens is 448 g/mol. The summed E-state index contributed by atoms with van der Waals surface area (Å²) in [7, 11) is 0. The van der Waals surface area contributed by atoms with Gasteiger partial charge in [0, 0.05) is 23.1 Å². The summed E-state index contributed by atoms with van der Waals surface area (Å²) in [5.74, 6) is 0.575. The summed E-state index contributed by atoms with van der Waals surface area (Å²) in [4.78, 5) is 12.9. The Morgan fingerprint density at radius 3 is 2.28 bits per heavy atom. The van der Waals surface area contributed by atoms with Crippen LogP contribution in [0.4, 0.5) is 0 Å². The van der Waals surface area contributed by atoms with Gasteiger partial charge in [0.05, 0.1) is 18.6 Å². The molecular formula is C31H44N2O3. The Bertz CT molecular complexity index is 1050. The van der Waals surface area contributed by atoms with E-state index in [4.69, 9.17) is 20.9 Å². The number of carbonyl (C=O) groups excluding carboxylic acids is 1. The first-order chi connectivity index (χ1) is 16.9. The van der Waals surface area contributed by atoms with Crippen molar-refractivity contribution in [3.8, 4) is 5.75 Å². The van der Waals surface area contributed by atoms with Crippen molar-refractivity contribution in [3.63, 3.8) is 0 Å². The number of carbonyl (C=O) groups is 1. The molecule has 0 radical (unpaired) electrons. The number of nitrogens with two attached hydrogens (primary N) is 2. The second-order valence-corrected chi connectivity index (χ2v) is 11.6. The molecule has 2 aromatic rings. The maximum Gasteiger partial charge on any atom is 0.313 e. The smallest absolute Gasteiger partial charge is 0.313 e. The zero-order chi connectivity index (χ0) is 26.4. The lowest BCUT2D eigenvalue weighted by Gasteiger charge is -2.42. The first kappa shape index (κ1) is 27.9. The fourth-order valence-corrected chi connectivity index (χ4v) is 4.84. The van der Waals surface area contributed by atoms with Gasteiger partial charge in [-0.3, -0.25) is 4.79 Å². The number of fused-ring (bicyclic) bond motifs is 1. The molecule has 196 valence electrons. The number of hydrogen-bond donors (Lipinski definition) is 2. The monoisotopic (exact) mass is 492 g/mol. The zero-order valence-electron chi connectivity index (χ0n) is 22.7. The fourth-order valence-electron chi connectivity index (χ4n) is 4.84. The molecule has 0 fully saturated rings. The first-order valence-electron chi connectivity index (χ1n) is 13.2. The second-order valence-electron chi connectivity index (χ2n) is 11.6. The van der Waals surface area contributed by atoms with Gasteiger partial charge in [0.2, 0.25) is 0 Å². The maximum atomic E-state index is 12.9. The molecule has 2 aromatic carbocycles. The minimum absolute atomic E-state index is 0.282. The van der Waals surface area contributed by atoms with E-state index >= 15 is 0 Å². The van der Waals surface area contributed by atoms with E-state index < -0.39 is 16.5 Å². The summed E-state index contributed by atoms with van der Waals surface area (Å²) >= 11 is 0. The molecule has 36 heavy (non-hydrogen) atoms. The van der Waals surface area contributed by atoms with Crippen LogP contribution in [-0.4, -0.2) is 30.3 Å². The van der Waals surface area contributed by atoms with Crippen molar-refractivity contribution in [2.45, 2.75) is 84.2 Å². The van der Waals surface area contributed by atoms with Crippen molar-refractivity contribution in [2.75, 3.05) is 13.2 Å². The van der Waals surface area contributed by atoms with Crippen LogP contribution in [0.2, 0.25) is 0 Å². The number of aryl methyl sites for hydroxylation is 1. The van der Waals surface area contributed by atoms with Crippen molar-refractivity contribution in [1.82, 2.24) is 0 Å². The van der Waals surface area contributed by atoms with E-state index in [1.165, 1.54) is 23.1 Å². The highest BCUT2D eigenvalue weighted by molar-refractivity contribution is 5.84. The predicted molar refractivity (Wildman–Crippen MR) is 149 cm³/mol. The van der Waals surface area contributed by atoms with Gasteiger partial charge in [-0.2, -0.15) is 0 Å². The second kappa shape index (κ2) is 11.6. The van der Waals surface area contributed by atoms with Crippen LogP contribution >= 0.6 is 0 Å². The summed E-state index contributed by atoms with van der Waals surface area (Å²) in [5.41, 5.74) is 15.6. The van der Waals surface area contributed by atoms with Gasteiger partial charge in [0.15, 0.2) is 0 Å². The molecule has 1 unspecified atom stereocenters. The Morgan fingerprint density at radius 2 is 1.58 bits per heavy atom. The van der Waals surface area contributed by atoms with E-state index in [1.807, 2.05) is 40.7 Å². The van der Waals surface area contributed by atoms with Gasteiger partial charge in [-0.05, 0) is 95.6 Å². The molecule has 0 spiro atoms. The molecule has 5 nitrogen and oxygen atoms in total. The third kappa shape index (κ3) is 7.21. The average molecular weight is 493 g/mol. The Hall–Kier alpha value is -2.63. The van der Waals surface area contributed by atoms with Gasteiger partial charge < -0.3 is 20.9 Å². The highest BCUT2D eigenvalue weighted by Crippen LogP contribution is 2.36. The molecule has 1 atom stereocenters. The lowest BCUT2D eigenvalue weighted by atomic mass is 9.68. The molecule has 5 heteroatoms. The first-order valence-corrected chi connectivity index (χ1v) is 13.2. The number of hydrogen-bond acceptors (Lipinski definition) is 5. The van der Waals surface area contributed by atoms with Gasteiger partial charge in [-0.15, -0.1) is 0 Å². The molecule has 0 bridgehead atoms. The Labute approximate surface area is 217 Å². The van der Waals surface area contributed by atoms with E-state index in [-0.39, 0.29) is 12.6 Å².